The van der Waals surface area contributed by atoms with Crippen molar-refractivity contribution in [3.05, 3.63) is 62.0 Å². The van der Waals surface area contributed by atoms with E-state index in [-0.39, 0.29) is 5.56 Å². The van der Waals surface area contributed by atoms with Gasteiger partial charge in [-0.05, 0) is 44.4 Å². The van der Waals surface area contributed by atoms with Crippen LogP contribution in [0.1, 0.15) is 29.1 Å². The van der Waals surface area contributed by atoms with Crippen LogP contribution in [0, 0.1) is 6.92 Å². The lowest BCUT2D eigenvalue weighted by Crippen LogP contribution is -2.31. The molecule has 1 saturated heterocycles. The highest BCUT2D eigenvalue weighted by molar-refractivity contribution is 7.16. The van der Waals surface area contributed by atoms with Crippen LogP contribution in [-0.2, 0) is 13.0 Å². The zero-order valence-electron chi connectivity index (χ0n) is 14.0. The predicted molar refractivity (Wildman–Crippen MR) is 100 cm³/mol. The Balaban J connectivity index is 1.55. The SMILES string of the molecule is Cc1nn2c(=O)cc(CN3CCC[C@@H]3Cc3ccccc3Cl)nc2s1. The molecule has 7 heteroatoms. The van der Waals surface area contributed by atoms with E-state index in [1.165, 1.54) is 21.4 Å². The Hall–Kier alpha value is -1.76. The Labute approximate surface area is 154 Å². The summed E-state index contributed by atoms with van der Waals surface area (Å²) in [6.45, 7) is 3.61. The van der Waals surface area contributed by atoms with Crippen molar-refractivity contribution in [3.8, 4) is 0 Å². The Morgan fingerprint density at radius 3 is 3.04 bits per heavy atom. The summed E-state index contributed by atoms with van der Waals surface area (Å²) >= 11 is 7.77. The average Bonchev–Trinajstić information content (AvgIpc) is 3.16. The van der Waals surface area contributed by atoms with Crippen molar-refractivity contribution in [2.75, 3.05) is 6.54 Å². The normalized spacial score (nSPS) is 18.2. The van der Waals surface area contributed by atoms with Gasteiger partial charge in [-0.15, -0.1) is 0 Å². The smallest absolute Gasteiger partial charge is 0.275 e. The monoisotopic (exact) mass is 374 g/mol. The van der Waals surface area contributed by atoms with Crippen molar-refractivity contribution in [3.63, 3.8) is 0 Å². The summed E-state index contributed by atoms with van der Waals surface area (Å²) in [5.74, 6) is 0. The van der Waals surface area contributed by atoms with Crippen LogP contribution >= 0.6 is 22.9 Å². The molecule has 0 N–H and O–H groups in total. The van der Waals surface area contributed by atoms with Crippen LogP contribution in [0.25, 0.3) is 4.96 Å². The summed E-state index contributed by atoms with van der Waals surface area (Å²) in [7, 11) is 0. The Kier molecular flexibility index (Phi) is 4.58. The van der Waals surface area contributed by atoms with E-state index >= 15 is 0 Å². The second-order valence-corrected chi connectivity index (χ2v) is 8.03. The van der Waals surface area contributed by atoms with E-state index in [1.807, 2.05) is 25.1 Å². The number of rotatable bonds is 4. The topological polar surface area (TPSA) is 50.5 Å². The Morgan fingerprint density at radius 1 is 1.36 bits per heavy atom. The average molecular weight is 375 g/mol. The largest absolute Gasteiger partial charge is 0.294 e. The molecule has 25 heavy (non-hydrogen) atoms. The van der Waals surface area contributed by atoms with Crippen molar-refractivity contribution in [1.82, 2.24) is 19.5 Å². The lowest BCUT2D eigenvalue weighted by molar-refractivity contribution is 0.241. The third-order valence-corrected chi connectivity index (χ3v) is 5.87. The maximum atomic E-state index is 12.2. The van der Waals surface area contributed by atoms with Gasteiger partial charge >= 0.3 is 0 Å². The molecule has 4 rings (SSSR count). The molecule has 0 bridgehead atoms. The molecule has 0 amide bonds. The molecule has 1 atom stereocenters. The first-order valence-corrected chi connectivity index (χ1v) is 9.63. The van der Waals surface area contributed by atoms with E-state index in [9.17, 15) is 4.79 Å². The van der Waals surface area contributed by atoms with Crippen LogP contribution in [0.3, 0.4) is 0 Å². The highest BCUT2D eigenvalue weighted by Gasteiger charge is 2.26. The fourth-order valence-electron chi connectivity index (χ4n) is 3.49. The summed E-state index contributed by atoms with van der Waals surface area (Å²) in [5.41, 5.74) is 1.90. The molecule has 5 nitrogen and oxygen atoms in total. The summed E-state index contributed by atoms with van der Waals surface area (Å²) in [4.78, 5) is 19.9. The lowest BCUT2D eigenvalue weighted by Gasteiger charge is -2.24. The zero-order chi connectivity index (χ0) is 17.4. The maximum Gasteiger partial charge on any atom is 0.275 e. The minimum absolute atomic E-state index is 0.105. The van der Waals surface area contributed by atoms with Gasteiger partial charge in [0.25, 0.3) is 5.56 Å². The summed E-state index contributed by atoms with van der Waals surface area (Å²) < 4.78 is 1.38. The van der Waals surface area contributed by atoms with Crippen LogP contribution in [-0.4, -0.2) is 32.1 Å². The molecular formula is C18H19ClN4OS. The lowest BCUT2D eigenvalue weighted by atomic mass is 10.0. The summed E-state index contributed by atoms with van der Waals surface area (Å²) in [5, 5.41) is 5.87. The van der Waals surface area contributed by atoms with Crippen LogP contribution in [0.5, 0.6) is 0 Å². The molecule has 1 fully saturated rings. The van der Waals surface area contributed by atoms with Crippen molar-refractivity contribution >= 4 is 27.9 Å². The second kappa shape index (κ2) is 6.86. The standard InChI is InChI=1S/C18H19ClN4OS/c1-12-21-23-17(24)10-14(20-18(23)25-12)11-22-8-4-6-15(22)9-13-5-2-3-7-16(13)19/h2-3,5,7,10,15H,4,6,8-9,11H2,1H3/t15-/m1/s1. The van der Waals surface area contributed by atoms with Crippen molar-refractivity contribution in [2.24, 2.45) is 0 Å². The maximum absolute atomic E-state index is 12.2. The number of benzene rings is 1. The van der Waals surface area contributed by atoms with E-state index in [0.29, 0.717) is 17.5 Å². The molecule has 0 radical (unpaired) electrons. The number of nitrogens with zero attached hydrogens (tertiary/aromatic N) is 4. The van der Waals surface area contributed by atoms with Crippen molar-refractivity contribution in [1.29, 1.82) is 0 Å². The minimum atomic E-state index is -0.105. The van der Waals surface area contributed by atoms with Gasteiger partial charge in [-0.1, -0.05) is 41.1 Å². The van der Waals surface area contributed by atoms with Crippen molar-refractivity contribution < 1.29 is 0 Å². The molecule has 1 aliphatic heterocycles. The molecule has 1 aromatic carbocycles. The molecule has 0 unspecified atom stereocenters. The molecule has 0 spiro atoms. The minimum Gasteiger partial charge on any atom is -0.294 e. The van der Waals surface area contributed by atoms with Gasteiger partial charge in [-0.25, -0.2) is 4.98 Å². The van der Waals surface area contributed by atoms with Crippen LogP contribution in [0.15, 0.2) is 35.1 Å². The van der Waals surface area contributed by atoms with Crippen LogP contribution in [0.2, 0.25) is 5.02 Å². The predicted octanol–water partition coefficient (Wildman–Crippen LogP) is 3.32. The fraction of sp³-hybridized carbons (Fsp3) is 0.389. The first-order valence-electron chi connectivity index (χ1n) is 8.44. The Bertz CT molecular complexity index is 967. The third-order valence-electron chi connectivity index (χ3n) is 4.68. The number of fused-ring (bicyclic) bond motifs is 1. The quantitative estimate of drug-likeness (QED) is 0.703. The highest BCUT2D eigenvalue weighted by atomic mass is 35.5. The Morgan fingerprint density at radius 2 is 2.20 bits per heavy atom. The molecule has 130 valence electrons. The van der Waals surface area contributed by atoms with Crippen LogP contribution in [0.4, 0.5) is 0 Å². The van der Waals surface area contributed by atoms with E-state index in [1.54, 1.807) is 6.07 Å². The first-order chi connectivity index (χ1) is 12.1. The van der Waals surface area contributed by atoms with Gasteiger partial charge in [0.05, 0.1) is 5.69 Å². The molecule has 3 heterocycles. The number of halogens is 1. The molecule has 0 saturated carbocycles. The first kappa shape index (κ1) is 16.7. The van der Waals surface area contributed by atoms with Gasteiger partial charge < -0.3 is 0 Å². The van der Waals surface area contributed by atoms with Gasteiger partial charge in [0, 0.05) is 23.7 Å². The summed E-state index contributed by atoms with van der Waals surface area (Å²) in [6.07, 6.45) is 3.24. The van der Waals surface area contributed by atoms with Crippen LogP contribution < -0.4 is 5.56 Å². The van der Waals surface area contributed by atoms with E-state index in [4.69, 9.17) is 11.6 Å². The van der Waals surface area contributed by atoms with E-state index < -0.39 is 0 Å². The molecule has 0 aliphatic carbocycles. The van der Waals surface area contributed by atoms with Gasteiger partial charge in [-0.3, -0.25) is 9.69 Å². The van der Waals surface area contributed by atoms with Gasteiger partial charge in [0.2, 0.25) is 4.96 Å². The summed E-state index contributed by atoms with van der Waals surface area (Å²) in [6, 6.07) is 10.1. The molecule has 2 aromatic heterocycles. The fourth-order valence-corrected chi connectivity index (χ4v) is 4.47. The van der Waals surface area contributed by atoms with E-state index in [2.05, 4.69) is 21.0 Å². The number of aryl methyl sites for hydroxylation is 1. The van der Waals surface area contributed by atoms with Gasteiger partial charge in [0.15, 0.2) is 0 Å². The zero-order valence-corrected chi connectivity index (χ0v) is 15.6. The number of hydrogen-bond donors (Lipinski definition) is 0. The van der Waals surface area contributed by atoms with E-state index in [0.717, 1.165) is 41.5 Å². The number of aromatic nitrogens is 3. The van der Waals surface area contributed by atoms with Crippen molar-refractivity contribution in [2.45, 2.75) is 38.8 Å². The highest BCUT2D eigenvalue weighted by Crippen LogP contribution is 2.26. The molecular weight excluding hydrogens is 356 g/mol. The molecule has 3 aromatic rings. The second-order valence-electron chi connectivity index (χ2n) is 6.46. The number of hydrogen-bond acceptors (Lipinski definition) is 5. The van der Waals surface area contributed by atoms with Gasteiger partial charge in [-0.2, -0.15) is 9.61 Å². The van der Waals surface area contributed by atoms with Gasteiger partial charge in [0.1, 0.15) is 5.01 Å². The third kappa shape index (κ3) is 3.47. The molecule has 1 aliphatic rings. The number of likely N-dealkylation sites (tertiary alicyclic amines) is 1.